The zero-order valence-electron chi connectivity index (χ0n) is 10.0. The van der Waals surface area contributed by atoms with E-state index in [2.05, 4.69) is 27.7 Å². The van der Waals surface area contributed by atoms with Crippen molar-refractivity contribution in [2.45, 2.75) is 51.4 Å². The van der Waals surface area contributed by atoms with E-state index in [0.717, 1.165) is 6.42 Å². The summed E-state index contributed by atoms with van der Waals surface area (Å²) in [7, 11) is 0. The lowest BCUT2D eigenvalue weighted by molar-refractivity contribution is 0.330. The highest BCUT2D eigenvalue weighted by Crippen LogP contribution is 2.45. The number of hydrogen-bond acceptors (Lipinski definition) is 0. The van der Waals surface area contributed by atoms with Gasteiger partial charge in [0.15, 0.2) is 0 Å². The Kier molecular flexibility index (Phi) is 2.18. The summed E-state index contributed by atoms with van der Waals surface area (Å²) in [4.78, 5) is 0. The van der Waals surface area contributed by atoms with Crippen molar-refractivity contribution in [1.82, 2.24) is 0 Å². The van der Waals surface area contributed by atoms with Crippen molar-refractivity contribution < 1.29 is 4.39 Å². The van der Waals surface area contributed by atoms with Gasteiger partial charge in [0, 0.05) is 0 Å². The molecule has 0 atom stereocenters. The Bertz CT molecular complexity index is 388. The molecule has 0 amide bonds. The molecular weight excluding hydrogens is 187 g/mol. The van der Waals surface area contributed by atoms with E-state index in [-0.39, 0.29) is 16.6 Å². The van der Waals surface area contributed by atoms with Crippen molar-refractivity contribution >= 4 is 0 Å². The Labute approximate surface area is 91.5 Å². The standard InChI is InChI=1S/C14H19F/c1-13(2)7-8-14(3,4)12-9-10(15)5-6-11(12)13/h5-6,9H,7-8H2,1-4H3. The fourth-order valence-corrected chi connectivity index (χ4v) is 2.56. The van der Waals surface area contributed by atoms with E-state index in [0.29, 0.717) is 0 Å². The molecule has 2 rings (SSSR count). The Hall–Kier alpha value is -0.850. The van der Waals surface area contributed by atoms with Crippen LogP contribution in [0.1, 0.15) is 51.7 Å². The molecule has 0 saturated carbocycles. The quantitative estimate of drug-likeness (QED) is 0.597. The summed E-state index contributed by atoms with van der Waals surface area (Å²) in [5.41, 5.74) is 2.82. The lowest BCUT2D eigenvalue weighted by Crippen LogP contribution is -2.33. The van der Waals surface area contributed by atoms with E-state index in [1.807, 2.05) is 6.07 Å². The normalized spacial score (nSPS) is 22.2. The average molecular weight is 206 g/mol. The summed E-state index contributed by atoms with van der Waals surface area (Å²) >= 11 is 0. The predicted octanol–water partition coefficient (Wildman–Crippen LogP) is 4.17. The molecule has 0 nitrogen and oxygen atoms in total. The highest BCUT2D eigenvalue weighted by atomic mass is 19.1. The first-order valence-electron chi connectivity index (χ1n) is 5.63. The molecule has 0 N–H and O–H groups in total. The van der Waals surface area contributed by atoms with Crippen LogP contribution in [0.5, 0.6) is 0 Å². The van der Waals surface area contributed by atoms with Crippen LogP contribution in [0.25, 0.3) is 0 Å². The van der Waals surface area contributed by atoms with Crippen molar-refractivity contribution in [2.24, 2.45) is 0 Å². The van der Waals surface area contributed by atoms with Gasteiger partial charge in [0.05, 0.1) is 0 Å². The van der Waals surface area contributed by atoms with E-state index in [9.17, 15) is 4.39 Å². The van der Waals surface area contributed by atoms with Crippen LogP contribution in [0.15, 0.2) is 18.2 Å². The van der Waals surface area contributed by atoms with Crippen molar-refractivity contribution in [2.75, 3.05) is 0 Å². The van der Waals surface area contributed by atoms with Crippen LogP contribution in [0.4, 0.5) is 4.39 Å². The molecular formula is C14H19F. The summed E-state index contributed by atoms with van der Waals surface area (Å²) in [6.45, 7) is 8.92. The van der Waals surface area contributed by atoms with Crippen molar-refractivity contribution in [3.8, 4) is 0 Å². The molecule has 1 aliphatic carbocycles. The van der Waals surface area contributed by atoms with Crippen LogP contribution >= 0.6 is 0 Å². The lowest BCUT2D eigenvalue weighted by atomic mass is 9.63. The van der Waals surface area contributed by atoms with Crippen LogP contribution in [-0.2, 0) is 10.8 Å². The SMILES string of the molecule is CC1(C)CCC(C)(C)c2cc(F)ccc21. The van der Waals surface area contributed by atoms with Gasteiger partial charge >= 0.3 is 0 Å². The second-order valence-corrected chi connectivity index (χ2v) is 5.96. The molecule has 0 radical (unpaired) electrons. The summed E-state index contributed by atoms with van der Waals surface area (Å²) in [5.74, 6) is -0.112. The molecule has 0 spiro atoms. The minimum absolute atomic E-state index is 0.112. The van der Waals surface area contributed by atoms with E-state index in [1.165, 1.54) is 17.5 Å². The minimum Gasteiger partial charge on any atom is -0.207 e. The molecule has 1 aromatic carbocycles. The van der Waals surface area contributed by atoms with Crippen LogP contribution < -0.4 is 0 Å². The zero-order chi connectivity index (χ0) is 11.3. The Morgan fingerprint density at radius 1 is 0.933 bits per heavy atom. The molecule has 0 bridgehead atoms. The summed E-state index contributed by atoms with van der Waals surface area (Å²) in [6.07, 6.45) is 2.31. The summed E-state index contributed by atoms with van der Waals surface area (Å²) < 4.78 is 13.3. The Balaban J connectivity index is 2.64. The van der Waals surface area contributed by atoms with Gasteiger partial charge in [-0.05, 0) is 46.9 Å². The zero-order valence-corrected chi connectivity index (χ0v) is 10.0. The second-order valence-electron chi connectivity index (χ2n) is 5.96. The third kappa shape index (κ3) is 1.68. The molecule has 15 heavy (non-hydrogen) atoms. The van der Waals surface area contributed by atoms with Crippen LogP contribution in [0.2, 0.25) is 0 Å². The Morgan fingerprint density at radius 2 is 1.47 bits per heavy atom. The molecule has 1 heteroatoms. The molecule has 0 unspecified atom stereocenters. The van der Waals surface area contributed by atoms with Crippen LogP contribution in [0, 0.1) is 5.82 Å². The smallest absolute Gasteiger partial charge is 0.123 e. The molecule has 0 saturated heterocycles. The van der Waals surface area contributed by atoms with E-state index in [4.69, 9.17) is 0 Å². The van der Waals surface area contributed by atoms with Gasteiger partial charge in [-0.1, -0.05) is 33.8 Å². The highest BCUT2D eigenvalue weighted by molar-refractivity contribution is 5.41. The maximum absolute atomic E-state index is 13.3. The number of rotatable bonds is 0. The third-order valence-electron chi connectivity index (χ3n) is 3.81. The van der Waals surface area contributed by atoms with Crippen molar-refractivity contribution in [1.29, 1.82) is 0 Å². The Morgan fingerprint density at radius 3 is 2.07 bits per heavy atom. The predicted molar refractivity (Wildman–Crippen MR) is 61.7 cm³/mol. The van der Waals surface area contributed by atoms with Gasteiger partial charge in [-0.2, -0.15) is 0 Å². The van der Waals surface area contributed by atoms with Gasteiger partial charge in [-0.3, -0.25) is 0 Å². The van der Waals surface area contributed by atoms with Crippen molar-refractivity contribution in [3.63, 3.8) is 0 Å². The summed E-state index contributed by atoms with van der Waals surface area (Å²) in [5, 5.41) is 0. The largest absolute Gasteiger partial charge is 0.207 e. The van der Waals surface area contributed by atoms with Gasteiger partial charge < -0.3 is 0 Å². The number of benzene rings is 1. The lowest BCUT2D eigenvalue weighted by Gasteiger charge is -2.41. The maximum atomic E-state index is 13.3. The number of halogens is 1. The van der Waals surface area contributed by atoms with Crippen LogP contribution in [0.3, 0.4) is 0 Å². The fraction of sp³-hybridized carbons (Fsp3) is 0.571. The first-order chi connectivity index (χ1) is 6.83. The van der Waals surface area contributed by atoms with E-state index in [1.54, 1.807) is 12.1 Å². The number of fused-ring (bicyclic) bond motifs is 1. The number of hydrogen-bond donors (Lipinski definition) is 0. The molecule has 0 heterocycles. The van der Waals surface area contributed by atoms with Gasteiger partial charge in [0.25, 0.3) is 0 Å². The molecule has 1 aliphatic rings. The van der Waals surface area contributed by atoms with E-state index < -0.39 is 0 Å². The molecule has 1 aromatic rings. The molecule has 82 valence electrons. The average Bonchev–Trinajstić information content (AvgIpc) is 2.13. The maximum Gasteiger partial charge on any atom is 0.123 e. The molecule has 0 fully saturated rings. The topological polar surface area (TPSA) is 0 Å². The van der Waals surface area contributed by atoms with Crippen LogP contribution in [-0.4, -0.2) is 0 Å². The monoisotopic (exact) mass is 206 g/mol. The molecule has 0 aromatic heterocycles. The van der Waals surface area contributed by atoms with E-state index >= 15 is 0 Å². The minimum atomic E-state index is -0.112. The van der Waals surface area contributed by atoms with Gasteiger partial charge in [-0.25, -0.2) is 4.39 Å². The van der Waals surface area contributed by atoms with Gasteiger partial charge in [0.2, 0.25) is 0 Å². The van der Waals surface area contributed by atoms with Gasteiger partial charge in [0.1, 0.15) is 5.82 Å². The van der Waals surface area contributed by atoms with Crippen molar-refractivity contribution in [3.05, 3.63) is 35.1 Å². The second kappa shape index (κ2) is 3.07. The first kappa shape index (κ1) is 10.7. The summed E-state index contributed by atoms with van der Waals surface area (Å²) in [6, 6.07) is 5.27. The highest BCUT2D eigenvalue weighted by Gasteiger charge is 2.36. The van der Waals surface area contributed by atoms with Gasteiger partial charge in [-0.15, -0.1) is 0 Å². The third-order valence-corrected chi connectivity index (χ3v) is 3.81. The molecule has 0 aliphatic heterocycles. The first-order valence-corrected chi connectivity index (χ1v) is 5.63. The fourth-order valence-electron chi connectivity index (χ4n) is 2.56.